The summed E-state index contributed by atoms with van der Waals surface area (Å²) in [4.78, 5) is 24.2. The summed E-state index contributed by atoms with van der Waals surface area (Å²) in [5, 5.41) is 12.5. The molecule has 0 spiro atoms. The Hall–Kier alpha value is -1.64. The van der Waals surface area contributed by atoms with Gasteiger partial charge in [-0.15, -0.1) is 0 Å². The second-order valence-electron chi connectivity index (χ2n) is 5.46. The first-order valence-corrected chi connectivity index (χ1v) is 9.89. The Morgan fingerprint density at radius 3 is 2.08 bits per heavy atom. The Morgan fingerprint density at radius 2 is 1.68 bits per heavy atom. The zero-order chi connectivity index (χ0) is 19.3. The first-order valence-electron chi connectivity index (χ1n) is 7.91. The summed E-state index contributed by atoms with van der Waals surface area (Å²) in [6.07, 6.45) is 0.0427. The van der Waals surface area contributed by atoms with E-state index in [1.165, 1.54) is 24.3 Å². The number of sulfonamides is 1. The van der Waals surface area contributed by atoms with Crippen LogP contribution in [0.2, 0.25) is 5.02 Å². The third-order valence-electron chi connectivity index (χ3n) is 4.00. The number of nitrogens with one attached hydrogen (secondary N) is 1. The summed E-state index contributed by atoms with van der Waals surface area (Å²) in [5.41, 5.74) is -1.40. The minimum absolute atomic E-state index is 0.0427. The minimum atomic E-state index is -3.81. The highest BCUT2D eigenvalue weighted by atomic mass is 35.5. The Bertz CT molecular complexity index is 717. The lowest BCUT2D eigenvalue weighted by Gasteiger charge is -2.30. The maximum atomic E-state index is 12.3. The molecular formula is C16H23ClN2O5S. The van der Waals surface area contributed by atoms with Crippen molar-refractivity contribution in [3.63, 3.8) is 0 Å². The molecule has 25 heavy (non-hydrogen) atoms. The fourth-order valence-electron chi connectivity index (χ4n) is 2.58. The topological polar surface area (TPSA) is 104 Å². The summed E-state index contributed by atoms with van der Waals surface area (Å²) < 4.78 is 25.6. The van der Waals surface area contributed by atoms with Gasteiger partial charge in [0, 0.05) is 18.1 Å². The van der Waals surface area contributed by atoms with E-state index >= 15 is 0 Å². The molecule has 1 atom stereocenters. The van der Waals surface area contributed by atoms with Gasteiger partial charge in [0.15, 0.2) is 5.54 Å². The van der Waals surface area contributed by atoms with E-state index in [9.17, 15) is 23.1 Å². The molecule has 0 radical (unpaired) electrons. The van der Waals surface area contributed by atoms with Gasteiger partial charge in [-0.2, -0.15) is 0 Å². The van der Waals surface area contributed by atoms with Crippen LogP contribution in [0.15, 0.2) is 24.3 Å². The molecule has 7 nitrogen and oxygen atoms in total. The fourth-order valence-corrected chi connectivity index (χ4v) is 4.07. The van der Waals surface area contributed by atoms with Crippen LogP contribution in [0.25, 0.3) is 0 Å². The van der Waals surface area contributed by atoms with E-state index in [0.717, 1.165) is 4.31 Å². The van der Waals surface area contributed by atoms with Gasteiger partial charge in [-0.3, -0.25) is 4.79 Å². The molecule has 9 heteroatoms. The van der Waals surface area contributed by atoms with Crippen LogP contribution in [0, 0.1) is 0 Å². The van der Waals surface area contributed by atoms with E-state index in [2.05, 4.69) is 5.32 Å². The molecule has 0 heterocycles. The first-order chi connectivity index (χ1) is 11.6. The summed E-state index contributed by atoms with van der Waals surface area (Å²) in [7, 11) is -3.81. The highest BCUT2D eigenvalue weighted by Gasteiger charge is 2.41. The fraction of sp³-hybridized carbons (Fsp3) is 0.500. The SMILES string of the molecule is CCN(CC)S(=O)(=O)CC(=O)NC(CC)(C(=O)O)c1ccc(Cl)cc1. The van der Waals surface area contributed by atoms with Crippen LogP contribution in [0.1, 0.15) is 32.8 Å². The van der Waals surface area contributed by atoms with E-state index in [4.69, 9.17) is 11.6 Å². The number of carbonyl (C=O) groups excluding carboxylic acids is 1. The molecule has 0 aromatic heterocycles. The van der Waals surface area contributed by atoms with Crippen LogP contribution in [0.3, 0.4) is 0 Å². The predicted molar refractivity (Wildman–Crippen MR) is 95.9 cm³/mol. The van der Waals surface area contributed by atoms with E-state index in [1.807, 2.05) is 0 Å². The quantitative estimate of drug-likeness (QED) is 0.669. The number of benzene rings is 1. The van der Waals surface area contributed by atoms with Crippen LogP contribution in [0.4, 0.5) is 0 Å². The van der Waals surface area contributed by atoms with Crippen LogP contribution in [-0.4, -0.2) is 48.5 Å². The molecular weight excluding hydrogens is 368 g/mol. The van der Waals surface area contributed by atoms with Crippen LogP contribution in [0.5, 0.6) is 0 Å². The highest BCUT2D eigenvalue weighted by Crippen LogP contribution is 2.27. The molecule has 1 rings (SSSR count). The van der Waals surface area contributed by atoms with Gasteiger partial charge in [-0.05, 0) is 24.1 Å². The molecule has 2 N–H and O–H groups in total. The van der Waals surface area contributed by atoms with Crippen molar-refractivity contribution in [3.8, 4) is 0 Å². The number of rotatable bonds is 9. The number of amides is 1. The molecule has 0 bridgehead atoms. The normalized spacial score (nSPS) is 14.1. The lowest BCUT2D eigenvalue weighted by molar-refractivity contribution is -0.148. The number of aliphatic carboxylic acids is 1. The van der Waals surface area contributed by atoms with Crippen LogP contribution >= 0.6 is 11.6 Å². The number of carboxylic acids is 1. The Morgan fingerprint density at radius 1 is 1.16 bits per heavy atom. The second kappa shape index (κ2) is 8.64. The smallest absolute Gasteiger partial charge is 0.334 e. The molecule has 0 fully saturated rings. The monoisotopic (exact) mass is 390 g/mol. The summed E-state index contributed by atoms with van der Waals surface area (Å²) in [6.45, 7) is 5.41. The van der Waals surface area contributed by atoms with Gasteiger partial charge >= 0.3 is 5.97 Å². The van der Waals surface area contributed by atoms with Crippen molar-refractivity contribution in [1.29, 1.82) is 0 Å². The van der Waals surface area contributed by atoms with Crippen molar-refractivity contribution in [2.75, 3.05) is 18.8 Å². The Labute approximate surface area is 153 Å². The molecule has 0 saturated carbocycles. The minimum Gasteiger partial charge on any atom is -0.479 e. The molecule has 1 unspecified atom stereocenters. The van der Waals surface area contributed by atoms with Crippen molar-refractivity contribution >= 4 is 33.5 Å². The maximum absolute atomic E-state index is 12.3. The predicted octanol–water partition coefficient (Wildman–Crippen LogP) is 1.82. The molecule has 1 aromatic carbocycles. The lowest BCUT2D eigenvalue weighted by atomic mass is 9.87. The number of hydrogen-bond acceptors (Lipinski definition) is 4. The zero-order valence-corrected chi connectivity index (χ0v) is 16.0. The van der Waals surface area contributed by atoms with Gasteiger partial charge < -0.3 is 10.4 Å². The van der Waals surface area contributed by atoms with Crippen LogP contribution in [-0.2, 0) is 25.2 Å². The molecule has 0 aliphatic heterocycles. The van der Waals surface area contributed by atoms with Crippen molar-refractivity contribution < 1.29 is 23.1 Å². The van der Waals surface area contributed by atoms with Gasteiger partial charge in [-0.25, -0.2) is 17.5 Å². The summed E-state index contributed by atoms with van der Waals surface area (Å²) in [6, 6.07) is 6.03. The molecule has 1 amide bonds. The van der Waals surface area contributed by atoms with Gasteiger partial charge in [0.25, 0.3) is 0 Å². The average molecular weight is 391 g/mol. The third-order valence-corrected chi connectivity index (χ3v) is 6.18. The van der Waals surface area contributed by atoms with Crippen molar-refractivity contribution in [2.45, 2.75) is 32.7 Å². The molecule has 0 saturated heterocycles. The standard InChI is InChI=1S/C16H23ClN2O5S/c1-4-16(15(21)22,12-7-9-13(17)10-8-12)18-14(20)11-25(23,24)19(5-2)6-3/h7-10H,4-6,11H2,1-3H3,(H,18,20)(H,21,22). The first kappa shape index (κ1) is 21.4. The Kier molecular flexibility index (Phi) is 7.40. The van der Waals surface area contributed by atoms with E-state index < -0.39 is 33.2 Å². The average Bonchev–Trinajstić information content (AvgIpc) is 2.53. The molecule has 0 aliphatic carbocycles. The van der Waals surface area contributed by atoms with Crippen molar-refractivity contribution in [3.05, 3.63) is 34.9 Å². The van der Waals surface area contributed by atoms with E-state index in [0.29, 0.717) is 10.6 Å². The van der Waals surface area contributed by atoms with E-state index in [-0.39, 0.29) is 19.5 Å². The van der Waals surface area contributed by atoms with Gasteiger partial charge in [0.1, 0.15) is 5.75 Å². The highest BCUT2D eigenvalue weighted by molar-refractivity contribution is 7.89. The number of halogens is 1. The van der Waals surface area contributed by atoms with Crippen molar-refractivity contribution in [1.82, 2.24) is 9.62 Å². The number of nitrogens with zero attached hydrogens (tertiary/aromatic N) is 1. The summed E-state index contributed by atoms with van der Waals surface area (Å²) >= 11 is 5.82. The van der Waals surface area contributed by atoms with Gasteiger partial charge in [-0.1, -0.05) is 44.5 Å². The molecule has 140 valence electrons. The number of carboxylic acid groups (broad SMARTS) is 1. The second-order valence-corrected chi connectivity index (χ2v) is 7.86. The zero-order valence-electron chi connectivity index (χ0n) is 14.5. The summed E-state index contributed by atoms with van der Waals surface area (Å²) in [5.74, 6) is -2.95. The largest absolute Gasteiger partial charge is 0.479 e. The number of carbonyl (C=O) groups is 2. The molecule has 0 aliphatic rings. The lowest BCUT2D eigenvalue weighted by Crippen LogP contribution is -2.53. The van der Waals surface area contributed by atoms with Crippen molar-refractivity contribution in [2.24, 2.45) is 0 Å². The maximum Gasteiger partial charge on any atom is 0.334 e. The van der Waals surface area contributed by atoms with Gasteiger partial charge in [0.05, 0.1) is 0 Å². The third kappa shape index (κ3) is 4.93. The van der Waals surface area contributed by atoms with Crippen LogP contribution < -0.4 is 5.32 Å². The number of hydrogen-bond donors (Lipinski definition) is 2. The Balaban J connectivity index is 3.13. The van der Waals surface area contributed by atoms with E-state index in [1.54, 1.807) is 20.8 Å². The van der Waals surface area contributed by atoms with Gasteiger partial charge in [0.2, 0.25) is 15.9 Å². The molecule has 1 aromatic rings.